The number of halogens is 1. The third kappa shape index (κ3) is 5.28. The summed E-state index contributed by atoms with van der Waals surface area (Å²) >= 11 is 6.14. The summed E-state index contributed by atoms with van der Waals surface area (Å²) in [6, 6.07) is 15.0. The first kappa shape index (κ1) is 17.8. The Labute approximate surface area is 146 Å². The first-order chi connectivity index (χ1) is 11.6. The van der Waals surface area contributed by atoms with E-state index in [9.17, 15) is 4.79 Å². The minimum atomic E-state index is -0.431. The van der Waals surface area contributed by atoms with E-state index in [1.165, 1.54) is 0 Å². The van der Waals surface area contributed by atoms with E-state index in [2.05, 4.69) is 15.6 Å². The second-order valence-corrected chi connectivity index (χ2v) is 5.67. The molecule has 0 saturated carbocycles. The van der Waals surface area contributed by atoms with E-state index in [1.807, 2.05) is 36.4 Å². The summed E-state index contributed by atoms with van der Waals surface area (Å²) in [4.78, 5) is 15.4. The summed E-state index contributed by atoms with van der Waals surface area (Å²) in [5.41, 5.74) is 7.84. The molecule has 2 rings (SSSR count). The number of primary amides is 1. The van der Waals surface area contributed by atoms with Crippen LogP contribution in [-0.4, -0.2) is 25.5 Å². The first-order valence-electron chi connectivity index (χ1n) is 7.67. The van der Waals surface area contributed by atoms with Crippen molar-refractivity contribution in [1.82, 2.24) is 10.6 Å². The lowest BCUT2D eigenvalue weighted by atomic mass is 10.1. The molecule has 5 nitrogen and oxygen atoms in total. The normalized spacial score (nSPS) is 11.2. The number of carbonyl (C=O) groups excluding carboxylic acids is 1. The molecule has 2 aromatic carbocycles. The Morgan fingerprint density at radius 1 is 1.17 bits per heavy atom. The van der Waals surface area contributed by atoms with Gasteiger partial charge in [0.05, 0.1) is 0 Å². The van der Waals surface area contributed by atoms with Crippen LogP contribution in [0.15, 0.2) is 53.5 Å². The molecule has 4 N–H and O–H groups in total. The van der Waals surface area contributed by atoms with Crippen LogP contribution in [0, 0.1) is 0 Å². The largest absolute Gasteiger partial charge is 0.366 e. The first-order valence-corrected chi connectivity index (χ1v) is 8.04. The summed E-state index contributed by atoms with van der Waals surface area (Å²) < 4.78 is 0. The lowest BCUT2D eigenvalue weighted by molar-refractivity contribution is 0.1000. The van der Waals surface area contributed by atoms with Crippen molar-refractivity contribution in [2.75, 3.05) is 13.6 Å². The molecule has 0 aromatic heterocycles. The Morgan fingerprint density at radius 3 is 2.67 bits per heavy atom. The molecule has 0 unspecified atom stereocenters. The number of nitrogens with two attached hydrogens (primary N) is 1. The third-order valence-electron chi connectivity index (χ3n) is 3.54. The third-order valence-corrected chi connectivity index (χ3v) is 3.91. The second kappa shape index (κ2) is 8.93. The van der Waals surface area contributed by atoms with Crippen molar-refractivity contribution in [3.8, 4) is 0 Å². The molecule has 0 spiro atoms. The summed E-state index contributed by atoms with van der Waals surface area (Å²) in [6.45, 7) is 1.26. The lowest BCUT2D eigenvalue weighted by Crippen LogP contribution is -2.37. The van der Waals surface area contributed by atoms with Crippen molar-refractivity contribution in [1.29, 1.82) is 0 Å². The van der Waals surface area contributed by atoms with Gasteiger partial charge in [-0.1, -0.05) is 41.9 Å². The molecule has 24 heavy (non-hydrogen) atoms. The van der Waals surface area contributed by atoms with Crippen molar-refractivity contribution in [2.24, 2.45) is 10.7 Å². The van der Waals surface area contributed by atoms with Crippen molar-refractivity contribution < 1.29 is 4.79 Å². The molecule has 0 saturated heterocycles. The minimum absolute atomic E-state index is 0.431. The van der Waals surface area contributed by atoms with Crippen molar-refractivity contribution in [2.45, 2.75) is 13.0 Å². The molecular weight excluding hydrogens is 324 g/mol. The zero-order valence-electron chi connectivity index (χ0n) is 13.6. The van der Waals surface area contributed by atoms with Gasteiger partial charge in [0.1, 0.15) is 0 Å². The van der Waals surface area contributed by atoms with Crippen LogP contribution in [-0.2, 0) is 13.0 Å². The van der Waals surface area contributed by atoms with Crippen molar-refractivity contribution >= 4 is 23.5 Å². The van der Waals surface area contributed by atoms with Gasteiger partial charge in [-0.25, -0.2) is 0 Å². The number of benzene rings is 2. The van der Waals surface area contributed by atoms with Gasteiger partial charge in [-0.2, -0.15) is 0 Å². The number of carbonyl (C=O) groups is 1. The molecule has 0 aliphatic carbocycles. The number of aliphatic imine (C=N–C) groups is 1. The number of nitrogens with zero attached hydrogens (tertiary/aromatic N) is 1. The number of hydrogen-bond acceptors (Lipinski definition) is 2. The number of amides is 1. The van der Waals surface area contributed by atoms with E-state index in [1.54, 1.807) is 19.2 Å². The van der Waals surface area contributed by atoms with E-state index in [-0.39, 0.29) is 0 Å². The van der Waals surface area contributed by atoms with Gasteiger partial charge >= 0.3 is 0 Å². The molecule has 1 amide bonds. The number of hydrogen-bond donors (Lipinski definition) is 3. The molecule has 6 heteroatoms. The Balaban J connectivity index is 1.83. The monoisotopic (exact) mass is 344 g/mol. The van der Waals surface area contributed by atoms with Gasteiger partial charge < -0.3 is 16.4 Å². The topological polar surface area (TPSA) is 79.5 Å². The molecule has 0 fully saturated rings. The van der Waals surface area contributed by atoms with Crippen LogP contribution in [0.25, 0.3) is 0 Å². The van der Waals surface area contributed by atoms with E-state index >= 15 is 0 Å². The molecule has 0 aliphatic rings. The molecule has 0 heterocycles. The van der Waals surface area contributed by atoms with Gasteiger partial charge in [-0.05, 0) is 35.7 Å². The molecule has 0 radical (unpaired) electrons. The van der Waals surface area contributed by atoms with Gasteiger partial charge in [-0.3, -0.25) is 9.79 Å². The van der Waals surface area contributed by atoms with Crippen LogP contribution in [0.3, 0.4) is 0 Å². The van der Waals surface area contributed by atoms with Crippen LogP contribution < -0.4 is 16.4 Å². The summed E-state index contributed by atoms with van der Waals surface area (Å²) in [5.74, 6) is 0.255. The molecule has 0 atom stereocenters. The fourth-order valence-electron chi connectivity index (χ4n) is 2.26. The molecule has 0 bridgehead atoms. The molecule has 0 aliphatic heterocycles. The van der Waals surface area contributed by atoms with E-state index in [0.29, 0.717) is 24.6 Å². The Morgan fingerprint density at radius 2 is 1.96 bits per heavy atom. The van der Waals surface area contributed by atoms with Gasteiger partial charge in [0, 0.05) is 30.7 Å². The molecular formula is C18H21ClN4O. The zero-order chi connectivity index (χ0) is 17.4. The van der Waals surface area contributed by atoms with Crippen LogP contribution >= 0.6 is 11.6 Å². The second-order valence-electron chi connectivity index (χ2n) is 5.26. The fourth-order valence-corrected chi connectivity index (χ4v) is 2.49. The highest BCUT2D eigenvalue weighted by molar-refractivity contribution is 6.31. The average Bonchev–Trinajstić information content (AvgIpc) is 2.59. The van der Waals surface area contributed by atoms with E-state index < -0.39 is 5.91 Å². The van der Waals surface area contributed by atoms with Crippen LogP contribution in [0.5, 0.6) is 0 Å². The highest BCUT2D eigenvalue weighted by atomic mass is 35.5. The van der Waals surface area contributed by atoms with E-state index in [0.717, 1.165) is 22.6 Å². The highest BCUT2D eigenvalue weighted by Crippen LogP contribution is 2.14. The van der Waals surface area contributed by atoms with Crippen molar-refractivity contribution in [3.63, 3.8) is 0 Å². The maximum absolute atomic E-state index is 11.2. The standard InChI is InChI=1S/C18H21ClN4O/c1-21-18(22-10-9-14-6-2-3-8-16(14)19)23-12-13-5-4-7-15(11-13)17(20)24/h2-8,11H,9-10,12H2,1H3,(H2,20,24)(H2,21,22,23). The molecule has 126 valence electrons. The number of nitrogens with one attached hydrogen (secondary N) is 2. The zero-order valence-corrected chi connectivity index (χ0v) is 14.3. The fraction of sp³-hybridized carbons (Fsp3) is 0.222. The van der Waals surface area contributed by atoms with Gasteiger partial charge in [0.25, 0.3) is 0 Å². The number of rotatable bonds is 6. The summed E-state index contributed by atoms with van der Waals surface area (Å²) in [6.07, 6.45) is 0.803. The van der Waals surface area contributed by atoms with Gasteiger partial charge in [-0.15, -0.1) is 0 Å². The van der Waals surface area contributed by atoms with Crippen LogP contribution in [0.2, 0.25) is 5.02 Å². The predicted molar refractivity (Wildman–Crippen MR) is 98.3 cm³/mol. The summed E-state index contributed by atoms with van der Waals surface area (Å²) in [7, 11) is 1.71. The maximum Gasteiger partial charge on any atom is 0.248 e. The number of guanidine groups is 1. The highest BCUT2D eigenvalue weighted by Gasteiger charge is 2.03. The molecule has 2 aromatic rings. The van der Waals surface area contributed by atoms with Gasteiger partial charge in [0.2, 0.25) is 5.91 Å². The smallest absolute Gasteiger partial charge is 0.248 e. The summed E-state index contributed by atoms with van der Waals surface area (Å²) in [5, 5.41) is 7.22. The van der Waals surface area contributed by atoms with Crippen LogP contribution in [0.4, 0.5) is 0 Å². The van der Waals surface area contributed by atoms with Crippen LogP contribution in [0.1, 0.15) is 21.5 Å². The lowest BCUT2D eigenvalue weighted by Gasteiger charge is -2.12. The minimum Gasteiger partial charge on any atom is -0.366 e. The predicted octanol–water partition coefficient (Wildman–Crippen LogP) is 2.35. The maximum atomic E-state index is 11.2. The quantitative estimate of drug-likeness (QED) is 0.556. The van der Waals surface area contributed by atoms with Gasteiger partial charge in [0.15, 0.2) is 5.96 Å². The van der Waals surface area contributed by atoms with E-state index in [4.69, 9.17) is 17.3 Å². The van der Waals surface area contributed by atoms with Crippen molar-refractivity contribution in [3.05, 3.63) is 70.2 Å². The SMILES string of the molecule is CN=C(NCCc1ccccc1Cl)NCc1cccc(C(N)=O)c1. The average molecular weight is 345 g/mol. The Kier molecular flexibility index (Phi) is 6.63. The Bertz CT molecular complexity index is 730. The Hall–Kier alpha value is -2.53.